The number of hydrogen-bond donors (Lipinski definition) is 3. The second-order valence-corrected chi connectivity index (χ2v) is 5.30. The average molecular weight is 334 g/mol. The molecular formula is C16H18N2O4S. The van der Waals surface area contributed by atoms with Crippen molar-refractivity contribution in [3.63, 3.8) is 0 Å². The van der Waals surface area contributed by atoms with Gasteiger partial charge in [0.1, 0.15) is 6.61 Å². The molecule has 6 nitrogen and oxygen atoms in total. The molecule has 0 bridgehead atoms. The molecule has 0 amide bonds. The Morgan fingerprint density at radius 2 is 2.26 bits per heavy atom. The molecule has 1 aliphatic heterocycles. The van der Waals surface area contributed by atoms with Gasteiger partial charge in [0.15, 0.2) is 16.6 Å². The van der Waals surface area contributed by atoms with Crippen molar-refractivity contribution in [1.82, 2.24) is 10.6 Å². The number of rotatable bonds is 5. The first-order valence-corrected chi connectivity index (χ1v) is 7.32. The van der Waals surface area contributed by atoms with E-state index in [1.165, 1.54) is 19.3 Å². The highest BCUT2D eigenvalue weighted by molar-refractivity contribution is 7.80. The number of methoxy groups -OCH3 is 1. The maximum absolute atomic E-state index is 12.3. The maximum Gasteiger partial charge on any atom is 0.338 e. The molecule has 1 heterocycles. The van der Waals surface area contributed by atoms with Gasteiger partial charge in [0, 0.05) is 5.70 Å². The van der Waals surface area contributed by atoms with E-state index in [4.69, 9.17) is 21.7 Å². The number of hydrogen-bond acceptors (Lipinski definition) is 5. The number of carbonyl (C=O) groups excluding carboxylic acids is 1. The largest absolute Gasteiger partial charge is 0.504 e. The zero-order chi connectivity index (χ0) is 17.0. The summed E-state index contributed by atoms with van der Waals surface area (Å²) in [5.74, 6) is -0.142. The minimum Gasteiger partial charge on any atom is -0.504 e. The summed E-state index contributed by atoms with van der Waals surface area (Å²) < 4.78 is 10.3. The van der Waals surface area contributed by atoms with Crippen molar-refractivity contribution in [1.29, 1.82) is 0 Å². The highest BCUT2D eigenvalue weighted by Gasteiger charge is 2.31. The summed E-state index contributed by atoms with van der Waals surface area (Å²) in [5.41, 5.74) is 1.74. The van der Waals surface area contributed by atoms with Crippen molar-refractivity contribution in [3.8, 4) is 11.5 Å². The summed E-state index contributed by atoms with van der Waals surface area (Å²) >= 11 is 5.17. The quantitative estimate of drug-likeness (QED) is 0.431. The van der Waals surface area contributed by atoms with Crippen LogP contribution in [0.2, 0.25) is 0 Å². The number of carbonyl (C=O) groups is 1. The zero-order valence-corrected chi connectivity index (χ0v) is 13.7. The van der Waals surface area contributed by atoms with Crippen LogP contribution in [0.4, 0.5) is 0 Å². The van der Waals surface area contributed by atoms with Gasteiger partial charge in [-0.15, -0.1) is 0 Å². The van der Waals surface area contributed by atoms with Gasteiger partial charge in [0.2, 0.25) is 0 Å². The van der Waals surface area contributed by atoms with Crippen molar-refractivity contribution >= 4 is 23.3 Å². The molecule has 0 saturated heterocycles. The first-order chi connectivity index (χ1) is 11.0. The maximum atomic E-state index is 12.3. The van der Waals surface area contributed by atoms with E-state index < -0.39 is 12.0 Å². The van der Waals surface area contributed by atoms with Crippen LogP contribution >= 0.6 is 12.2 Å². The predicted molar refractivity (Wildman–Crippen MR) is 90.1 cm³/mol. The molecule has 0 aromatic heterocycles. The molecule has 0 unspecified atom stereocenters. The van der Waals surface area contributed by atoms with E-state index in [2.05, 4.69) is 17.2 Å². The number of phenols is 1. The van der Waals surface area contributed by atoms with Gasteiger partial charge in [-0.25, -0.2) is 4.79 Å². The Hall–Kier alpha value is -2.54. The number of nitrogens with one attached hydrogen (secondary N) is 2. The normalized spacial score (nSPS) is 17.1. The summed E-state index contributed by atoms with van der Waals surface area (Å²) in [6.07, 6.45) is 1.50. The number of esters is 1. The second kappa shape index (κ2) is 7.15. The van der Waals surface area contributed by atoms with Crippen molar-refractivity contribution < 1.29 is 19.4 Å². The highest BCUT2D eigenvalue weighted by Crippen LogP contribution is 2.33. The Bertz CT molecular complexity index is 685. The third kappa shape index (κ3) is 3.62. The molecule has 7 heteroatoms. The highest BCUT2D eigenvalue weighted by atomic mass is 32.1. The molecule has 1 aliphatic rings. The van der Waals surface area contributed by atoms with E-state index in [1.54, 1.807) is 19.1 Å². The van der Waals surface area contributed by atoms with E-state index in [1.807, 2.05) is 0 Å². The number of aromatic hydroxyl groups is 1. The summed E-state index contributed by atoms with van der Waals surface area (Å²) in [5, 5.41) is 16.1. The van der Waals surface area contributed by atoms with Crippen LogP contribution in [-0.4, -0.2) is 29.9 Å². The minimum absolute atomic E-state index is 0.0178. The van der Waals surface area contributed by atoms with Gasteiger partial charge in [-0.3, -0.25) is 0 Å². The molecule has 0 spiro atoms. The number of benzene rings is 1. The van der Waals surface area contributed by atoms with E-state index in [9.17, 15) is 9.90 Å². The predicted octanol–water partition coefficient (Wildman–Crippen LogP) is 1.92. The molecule has 0 aliphatic carbocycles. The van der Waals surface area contributed by atoms with Gasteiger partial charge in [-0.1, -0.05) is 18.7 Å². The Morgan fingerprint density at radius 1 is 1.52 bits per heavy atom. The monoisotopic (exact) mass is 334 g/mol. The molecule has 2 rings (SSSR count). The van der Waals surface area contributed by atoms with Crippen LogP contribution in [0.25, 0.3) is 0 Å². The molecule has 0 fully saturated rings. The first-order valence-electron chi connectivity index (χ1n) is 6.91. The summed E-state index contributed by atoms with van der Waals surface area (Å²) in [7, 11) is 1.46. The number of phenolic OH excluding ortho intramolecular Hbond substituents is 1. The standard InChI is InChI=1S/C16H18N2O4S/c1-4-7-22-15(20)13-9(2)17-16(23)18-14(13)10-5-6-11(19)12(8-10)21-3/h4-6,8,14,19H,1,7H2,2-3H3,(H2,17,18,23)/t14-/m1/s1. The van der Waals surface area contributed by atoms with Crippen LogP contribution in [0.3, 0.4) is 0 Å². The third-order valence-electron chi connectivity index (χ3n) is 3.36. The molecule has 0 radical (unpaired) electrons. The van der Waals surface area contributed by atoms with Gasteiger partial charge in [0.05, 0.1) is 18.7 Å². The zero-order valence-electron chi connectivity index (χ0n) is 12.9. The molecule has 122 valence electrons. The molecule has 1 atom stereocenters. The first kappa shape index (κ1) is 16.8. The summed E-state index contributed by atoms with van der Waals surface area (Å²) in [6, 6.07) is 4.34. The van der Waals surface area contributed by atoms with E-state index >= 15 is 0 Å². The Morgan fingerprint density at radius 3 is 2.91 bits per heavy atom. The molecule has 3 N–H and O–H groups in total. The van der Waals surface area contributed by atoms with Gasteiger partial charge >= 0.3 is 5.97 Å². The SMILES string of the molecule is C=CCOC(=O)C1=C(C)NC(=S)N[C@@H]1c1ccc(O)c(OC)c1. The molecular weight excluding hydrogens is 316 g/mol. The summed E-state index contributed by atoms with van der Waals surface area (Å²) in [6.45, 7) is 5.40. The lowest BCUT2D eigenvalue weighted by molar-refractivity contribution is -0.138. The molecule has 0 saturated carbocycles. The van der Waals surface area contributed by atoms with Crippen molar-refractivity contribution in [2.45, 2.75) is 13.0 Å². The van der Waals surface area contributed by atoms with Crippen LogP contribution in [-0.2, 0) is 9.53 Å². The van der Waals surface area contributed by atoms with E-state index in [-0.39, 0.29) is 12.4 Å². The van der Waals surface area contributed by atoms with E-state index in [0.29, 0.717) is 27.7 Å². The smallest absolute Gasteiger partial charge is 0.338 e. The van der Waals surface area contributed by atoms with Gasteiger partial charge in [0.25, 0.3) is 0 Å². The fourth-order valence-electron chi connectivity index (χ4n) is 2.30. The second-order valence-electron chi connectivity index (χ2n) is 4.89. The number of allylic oxidation sites excluding steroid dienone is 1. The van der Waals surface area contributed by atoms with Crippen LogP contribution in [0.1, 0.15) is 18.5 Å². The lowest BCUT2D eigenvalue weighted by Crippen LogP contribution is -2.45. The third-order valence-corrected chi connectivity index (χ3v) is 3.58. The van der Waals surface area contributed by atoms with E-state index in [0.717, 1.165) is 0 Å². The molecule has 1 aromatic rings. The van der Waals surface area contributed by atoms with Crippen molar-refractivity contribution in [2.24, 2.45) is 0 Å². The van der Waals surface area contributed by atoms with Crippen molar-refractivity contribution in [2.75, 3.05) is 13.7 Å². The van der Waals surface area contributed by atoms with Crippen molar-refractivity contribution in [3.05, 3.63) is 47.7 Å². The van der Waals surface area contributed by atoms with Crippen LogP contribution < -0.4 is 15.4 Å². The Kier molecular flexibility index (Phi) is 5.23. The summed E-state index contributed by atoms with van der Waals surface area (Å²) in [4.78, 5) is 12.3. The fraction of sp³-hybridized carbons (Fsp3) is 0.250. The lowest BCUT2D eigenvalue weighted by atomic mass is 9.95. The van der Waals surface area contributed by atoms with Gasteiger partial charge in [-0.05, 0) is 36.8 Å². The molecule has 1 aromatic carbocycles. The number of thiocarbonyl (C=S) groups is 1. The fourth-order valence-corrected chi connectivity index (χ4v) is 2.57. The topological polar surface area (TPSA) is 79.8 Å². The van der Waals surface area contributed by atoms with Gasteiger partial charge < -0.3 is 25.2 Å². The number of ether oxygens (including phenoxy) is 2. The lowest BCUT2D eigenvalue weighted by Gasteiger charge is -2.30. The minimum atomic E-state index is -0.504. The molecule has 23 heavy (non-hydrogen) atoms. The van der Waals surface area contributed by atoms with Crippen LogP contribution in [0, 0.1) is 0 Å². The van der Waals surface area contributed by atoms with Crippen LogP contribution in [0.15, 0.2) is 42.1 Å². The average Bonchev–Trinajstić information content (AvgIpc) is 2.52. The Balaban J connectivity index is 2.44. The Labute approximate surface area is 139 Å². The van der Waals surface area contributed by atoms with Gasteiger partial charge in [-0.2, -0.15) is 0 Å². The van der Waals surface area contributed by atoms with Crippen LogP contribution in [0.5, 0.6) is 11.5 Å².